The Bertz CT molecular complexity index is 952. The van der Waals surface area contributed by atoms with Crippen LogP contribution in [-0.4, -0.2) is 46.7 Å². The highest BCUT2D eigenvalue weighted by Crippen LogP contribution is 2.27. The number of amides is 1. The van der Waals surface area contributed by atoms with E-state index in [2.05, 4.69) is 10.0 Å². The minimum atomic E-state index is -3.99. The molecule has 2 aromatic carbocycles. The molecule has 0 aliphatic heterocycles. The molecule has 1 amide bonds. The molecular weight excluding hydrogens is 440 g/mol. The summed E-state index contributed by atoms with van der Waals surface area (Å²) in [7, 11) is -2.55. The fraction of sp³-hybridized carbons (Fsp3) is 0.409. The number of nitrogens with one attached hydrogen (secondary N) is 2. The highest BCUT2D eigenvalue weighted by atomic mass is 35.5. The molecule has 170 valence electrons. The topological polar surface area (TPSA) is 93.7 Å². The number of benzene rings is 2. The molecule has 0 saturated carbocycles. The van der Waals surface area contributed by atoms with Crippen molar-refractivity contribution in [3.05, 3.63) is 59.1 Å². The molecule has 31 heavy (non-hydrogen) atoms. The van der Waals surface area contributed by atoms with Crippen molar-refractivity contribution in [3.63, 3.8) is 0 Å². The monoisotopic (exact) mass is 468 g/mol. The quantitative estimate of drug-likeness (QED) is 0.467. The third-order valence-electron chi connectivity index (χ3n) is 4.40. The first kappa shape index (κ1) is 25.1. The van der Waals surface area contributed by atoms with Gasteiger partial charge in [-0.25, -0.2) is 8.42 Å². The van der Waals surface area contributed by atoms with Crippen LogP contribution < -0.4 is 14.8 Å². The molecule has 0 aliphatic carbocycles. The molecule has 0 radical (unpaired) electrons. The third kappa shape index (κ3) is 8.14. The van der Waals surface area contributed by atoms with Crippen molar-refractivity contribution in [1.82, 2.24) is 10.0 Å². The Labute approximate surface area is 189 Å². The fourth-order valence-electron chi connectivity index (χ4n) is 2.83. The van der Waals surface area contributed by atoms with Crippen molar-refractivity contribution in [3.8, 4) is 5.75 Å². The first-order valence-electron chi connectivity index (χ1n) is 10.0. The van der Waals surface area contributed by atoms with Crippen molar-refractivity contribution in [2.75, 3.05) is 20.3 Å². The fourth-order valence-corrected chi connectivity index (χ4v) is 4.38. The number of carbonyl (C=O) groups is 1. The Morgan fingerprint density at radius 2 is 1.84 bits per heavy atom. The largest absolute Gasteiger partial charge is 0.495 e. The number of methoxy groups -OCH3 is 1. The summed E-state index contributed by atoms with van der Waals surface area (Å²) >= 11 is 6.08. The summed E-state index contributed by atoms with van der Waals surface area (Å²) in [6.07, 6.45) is 0.950. The molecule has 0 bridgehead atoms. The molecule has 7 nitrogen and oxygen atoms in total. The normalized spacial score (nSPS) is 12.5. The molecule has 2 rings (SSSR count). The molecule has 0 heterocycles. The van der Waals surface area contributed by atoms with E-state index in [0.717, 1.165) is 5.56 Å². The maximum atomic E-state index is 12.9. The first-order valence-corrected chi connectivity index (χ1v) is 11.9. The number of carbonyl (C=O) groups excluding carboxylic acids is 1. The second-order valence-electron chi connectivity index (χ2n) is 7.22. The van der Waals surface area contributed by atoms with Crippen LogP contribution >= 0.6 is 11.6 Å². The van der Waals surface area contributed by atoms with E-state index in [1.54, 1.807) is 0 Å². The van der Waals surface area contributed by atoms with Gasteiger partial charge in [0.15, 0.2) is 0 Å². The van der Waals surface area contributed by atoms with Gasteiger partial charge >= 0.3 is 0 Å². The molecule has 0 aliphatic rings. The molecule has 2 N–H and O–H groups in total. The van der Waals surface area contributed by atoms with Gasteiger partial charge in [-0.05, 0) is 50.5 Å². The van der Waals surface area contributed by atoms with Crippen LogP contribution in [0, 0.1) is 0 Å². The summed E-state index contributed by atoms with van der Waals surface area (Å²) in [5.74, 6) is -0.0422. The van der Waals surface area contributed by atoms with Crippen LogP contribution in [0.15, 0.2) is 53.4 Å². The summed E-state index contributed by atoms with van der Waals surface area (Å²) in [6, 6.07) is 12.4. The minimum Gasteiger partial charge on any atom is -0.495 e. The van der Waals surface area contributed by atoms with Crippen LogP contribution in [0.25, 0.3) is 0 Å². The van der Waals surface area contributed by atoms with Gasteiger partial charge in [0.25, 0.3) is 0 Å². The Balaban J connectivity index is 2.13. The molecule has 0 aromatic heterocycles. The van der Waals surface area contributed by atoms with E-state index in [-0.39, 0.29) is 22.4 Å². The van der Waals surface area contributed by atoms with Gasteiger partial charge in [-0.3, -0.25) is 4.79 Å². The molecule has 0 spiro atoms. The van der Waals surface area contributed by atoms with Crippen molar-refractivity contribution in [2.24, 2.45) is 0 Å². The van der Waals surface area contributed by atoms with E-state index >= 15 is 0 Å². The van der Waals surface area contributed by atoms with Crippen LogP contribution in [0.3, 0.4) is 0 Å². The van der Waals surface area contributed by atoms with Gasteiger partial charge in [-0.15, -0.1) is 0 Å². The van der Waals surface area contributed by atoms with Crippen LogP contribution in [0.2, 0.25) is 5.02 Å². The predicted molar refractivity (Wildman–Crippen MR) is 121 cm³/mol. The lowest BCUT2D eigenvalue weighted by Gasteiger charge is -2.19. The highest BCUT2D eigenvalue weighted by Gasteiger charge is 2.26. The lowest BCUT2D eigenvalue weighted by Crippen LogP contribution is -2.48. The van der Waals surface area contributed by atoms with Crippen molar-refractivity contribution < 1.29 is 22.7 Å². The summed E-state index contributed by atoms with van der Waals surface area (Å²) in [5.41, 5.74) is 0.834. The number of ether oxygens (including phenoxy) is 2. The van der Waals surface area contributed by atoms with Gasteiger partial charge in [0, 0.05) is 13.2 Å². The van der Waals surface area contributed by atoms with Crippen molar-refractivity contribution in [2.45, 2.75) is 43.7 Å². The van der Waals surface area contributed by atoms with Crippen molar-refractivity contribution >= 4 is 27.5 Å². The number of hydrogen-bond donors (Lipinski definition) is 2. The molecule has 0 saturated heterocycles. The van der Waals surface area contributed by atoms with Gasteiger partial charge in [0.1, 0.15) is 11.8 Å². The maximum absolute atomic E-state index is 12.9. The van der Waals surface area contributed by atoms with E-state index in [1.165, 1.54) is 25.3 Å². The smallest absolute Gasteiger partial charge is 0.241 e. The predicted octanol–water partition coefficient (Wildman–Crippen LogP) is 3.17. The van der Waals surface area contributed by atoms with Crippen LogP contribution in [-0.2, 0) is 26.0 Å². The van der Waals surface area contributed by atoms with E-state index in [4.69, 9.17) is 21.1 Å². The average Bonchev–Trinajstić information content (AvgIpc) is 2.73. The van der Waals surface area contributed by atoms with Crippen LogP contribution in [0.1, 0.15) is 25.8 Å². The molecular formula is C22H29ClN2O5S. The van der Waals surface area contributed by atoms with Gasteiger partial charge in [-0.1, -0.05) is 41.9 Å². The Morgan fingerprint density at radius 1 is 1.13 bits per heavy atom. The Morgan fingerprint density at radius 3 is 2.45 bits per heavy atom. The summed E-state index contributed by atoms with van der Waals surface area (Å²) < 4.78 is 38.9. The summed E-state index contributed by atoms with van der Waals surface area (Å²) in [4.78, 5) is 12.7. The average molecular weight is 469 g/mol. The zero-order chi connectivity index (χ0) is 22.9. The molecule has 1 atom stereocenters. The number of hydrogen-bond acceptors (Lipinski definition) is 5. The zero-order valence-corrected chi connectivity index (χ0v) is 19.5. The number of halogens is 1. The van der Waals surface area contributed by atoms with Gasteiger partial charge < -0.3 is 14.8 Å². The SMILES string of the molecule is COc1ccc(S(=O)(=O)NC(Cc2ccccc2)C(=O)NCCCOC(C)C)cc1Cl. The van der Waals surface area contributed by atoms with Gasteiger partial charge in [0.05, 0.1) is 23.1 Å². The Hall–Kier alpha value is -2.13. The standard InChI is InChI=1S/C22H29ClN2O5S/c1-16(2)30-13-7-12-24-22(26)20(14-17-8-5-4-6-9-17)25-31(27,28)18-10-11-21(29-3)19(23)15-18/h4-6,8-11,15-16,20,25H,7,12-14H2,1-3H3,(H,24,26). The number of rotatable bonds is 12. The van der Waals surface area contributed by atoms with E-state index in [1.807, 2.05) is 44.2 Å². The maximum Gasteiger partial charge on any atom is 0.241 e. The number of sulfonamides is 1. The third-order valence-corrected chi connectivity index (χ3v) is 6.17. The highest BCUT2D eigenvalue weighted by molar-refractivity contribution is 7.89. The summed E-state index contributed by atoms with van der Waals surface area (Å²) in [5, 5.41) is 2.95. The van der Waals surface area contributed by atoms with Crippen LogP contribution in [0.4, 0.5) is 0 Å². The second-order valence-corrected chi connectivity index (χ2v) is 9.35. The van der Waals surface area contributed by atoms with Crippen molar-refractivity contribution in [1.29, 1.82) is 0 Å². The van der Waals surface area contributed by atoms with E-state index in [9.17, 15) is 13.2 Å². The van der Waals surface area contributed by atoms with Crippen LogP contribution in [0.5, 0.6) is 5.75 Å². The zero-order valence-electron chi connectivity index (χ0n) is 17.9. The van der Waals surface area contributed by atoms with E-state index < -0.39 is 22.0 Å². The summed E-state index contributed by atoms with van der Waals surface area (Å²) in [6.45, 7) is 4.77. The lowest BCUT2D eigenvalue weighted by molar-refractivity contribution is -0.122. The lowest BCUT2D eigenvalue weighted by atomic mass is 10.1. The minimum absolute atomic E-state index is 0.0468. The second kappa shape index (κ2) is 12.0. The van der Waals surface area contributed by atoms with Gasteiger partial charge in [0.2, 0.25) is 15.9 Å². The Kier molecular flexibility index (Phi) is 9.77. The molecule has 9 heteroatoms. The molecule has 1 unspecified atom stereocenters. The molecule has 2 aromatic rings. The van der Waals surface area contributed by atoms with Gasteiger partial charge in [-0.2, -0.15) is 4.72 Å². The molecule has 0 fully saturated rings. The first-order chi connectivity index (χ1) is 14.7. The van der Waals surface area contributed by atoms with E-state index in [0.29, 0.717) is 25.3 Å².